The largest absolute Gasteiger partial charge is 0.477 e. The number of carboxylic acids is 1. The molecule has 0 bridgehead atoms. The third kappa shape index (κ3) is 5.96. The maximum atomic E-state index is 15.3. The normalized spacial score (nSPS) is 15.1. The van der Waals surface area contributed by atoms with E-state index in [9.17, 15) is 24.3 Å². The van der Waals surface area contributed by atoms with Gasteiger partial charge in [-0.2, -0.15) is 0 Å². The zero-order chi connectivity index (χ0) is 31.0. The van der Waals surface area contributed by atoms with E-state index >= 15 is 4.39 Å². The number of hydrogen-bond donors (Lipinski definition) is 2. The molecule has 3 aromatic carbocycles. The van der Waals surface area contributed by atoms with Gasteiger partial charge in [-0.3, -0.25) is 9.59 Å². The number of halogens is 1. The van der Waals surface area contributed by atoms with Crippen LogP contribution in [0.5, 0.6) is 0 Å². The Balaban J connectivity index is 1.09. The van der Waals surface area contributed by atoms with Crippen LogP contribution in [0.3, 0.4) is 0 Å². The topological polar surface area (TPSA) is 112 Å². The van der Waals surface area contributed by atoms with Crippen LogP contribution < -0.4 is 15.6 Å². The average Bonchev–Trinajstić information content (AvgIpc) is 3.87. The van der Waals surface area contributed by atoms with Gasteiger partial charge in [-0.25, -0.2) is 14.0 Å². The molecule has 1 aromatic heterocycles. The number of piperazine rings is 1. The molecule has 2 aliphatic rings. The highest BCUT2D eigenvalue weighted by Gasteiger charge is 2.29. The molecular weight excluding hydrogens is 563 g/mol. The van der Waals surface area contributed by atoms with Crippen LogP contribution in [0.1, 0.15) is 50.7 Å². The maximum absolute atomic E-state index is 15.3. The molecule has 2 heterocycles. The molecule has 0 spiro atoms. The monoisotopic (exact) mass is 594 g/mol. The fourth-order valence-electron chi connectivity index (χ4n) is 5.42. The van der Waals surface area contributed by atoms with Crippen LogP contribution in [0.15, 0.2) is 77.7 Å². The van der Waals surface area contributed by atoms with E-state index in [1.165, 1.54) is 12.3 Å². The van der Waals surface area contributed by atoms with E-state index in [1.54, 1.807) is 45.9 Å². The number of amides is 2. The van der Waals surface area contributed by atoms with Crippen LogP contribution >= 0.6 is 0 Å². The minimum absolute atomic E-state index is 0.0473. The Bertz CT molecular complexity index is 1850. The van der Waals surface area contributed by atoms with E-state index in [2.05, 4.69) is 5.32 Å². The summed E-state index contributed by atoms with van der Waals surface area (Å²) in [6.07, 6.45) is 6.37. The number of carbonyl (C=O) groups excluding carboxylic acids is 2. The number of nitrogens with one attached hydrogen (secondary N) is 1. The number of benzene rings is 3. The molecule has 1 saturated carbocycles. The van der Waals surface area contributed by atoms with Crippen molar-refractivity contribution in [3.05, 3.63) is 111 Å². The number of carbonyl (C=O) groups is 3. The van der Waals surface area contributed by atoms with Crippen molar-refractivity contribution < 1.29 is 23.9 Å². The molecule has 9 nitrogen and oxygen atoms in total. The molecule has 6 rings (SSSR count). The maximum Gasteiger partial charge on any atom is 0.341 e. The number of ketones is 1. The smallest absolute Gasteiger partial charge is 0.341 e. The fraction of sp³-hybridized carbons (Fsp3) is 0.235. The van der Waals surface area contributed by atoms with Crippen molar-refractivity contribution in [1.82, 2.24) is 9.47 Å². The van der Waals surface area contributed by atoms with Gasteiger partial charge in [-0.1, -0.05) is 35.9 Å². The second-order valence-corrected chi connectivity index (χ2v) is 11.2. The number of aryl methyl sites for hydroxylation is 1. The van der Waals surface area contributed by atoms with Crippen molar-refractivity contribution in [3.8, 4) is 0 Å². The summed E-state index contributed by atoms with van der Waals surface area (Å²) < 4.78 is 17.1. The standard InChI is InChI=1S/C34H31FN4O5/c1-21-2-4-22(5-3-21)6-13-31(40)23-7-9-24(10-8-23)36-34(44)38-16-14-37(15-17-38)30-19-29-26(18-28(30)35)32(41)27(33(42)43)20-39(29)25-11-12-25/h2-10,13,18-20,25H,11-12,14-17H2,1H3,(H,36,44)(H,42,43)/b13-6+. The Morgan fingerprint density at radius 3 is 2.27 bits per heavy atom. The van der Waals surface area contributed by atoms with E-state index < -0.39 is 17.2 Å². The van der Waals surface area contributed by atoms with Crippen molar-refractivity contribution in [3.63, 3.8) is 0 Å². The first-order chi connectivity index (χ1) is 21.2. The number of fused-ring (bicyclic) bond motifs is 1. The highest BCUT2D eigenvalue weighted by atomic mass is 19.1. The second-order valence-electron chi connectivity index (χ2n) is 11.2. The number of aromatic carboxylic acids is 1. The molecule has 2 N–H and O–H groups in total. The molecule has 0 radical (unpaired) electrons. The van der Waals surface area contributed by atoms with Crippen molar-refractivity contribution in [1.29, 1.82) is 0 Å². The van der Waals surface area contributed by atoms with Crippen LogP contribution in [0.4, 0.5) is 20.6 Å². The first-order valence-electron chi connectivity index (χ1n) is 14.5. The van der Waals surface area contributed by atoms with Gasteiger partial charge in [-0.05, 0) is 67.8 Å². The van der Waals surface area contributed by atoms with E-state index in [0.29, 0.717) is 48.6 Å². The summed E-state index contributed by atoms with van der Waals surface area (Å²) in [6, 6.07) is 17.1. The van der Waals surface area contributed by atoms with Crippen molar-refractivity contribution >= 4 is 46.1 Å². The third-order valence-electron chi connectivity index (χ3n) is 8.10. The van der Waals surface area contributed by atoms with E-state index in [0.717, 1.165) is 30.0 Å². The first kappa shape index (κ1) is 28.9. The predicted molar refractivity (Wildman–Crippen MR) is 167 cm³/mol. The number of urea groups is 1. The molecular formula is C34H31FN4O5. The van der Waals surface area contributed by atoms with Crippen LogP contribution in [0, 0.1) is 12.7 Å². The van der Waals surface area contributed by atoms with E-state index in [-0.39, 0.29) is 28.8 Å². The molecule has 10 heteroatoms. The van der Waals surface area contributed by atoms with Gasteiger partial charge in [0.25, 0.3) is 0 Å². The quantitative estimate of drug-likeness (QED) is 0.209. The van der Waals surface area contributed by atoms with Crippen molar-refractivity contribution in [2.75, 3.05) is 36.4 Å². The Labute approximate surface area is 252 Å². The molecule has 4 aromatic rings. The lowest BCUT2D eigenvalue weighted by Crippen LogP contribution is -2.50. The first-order valence-corrected chi connectivity index (χ1v) is 14.5. The average molecular weight is 595 g/mol. The summed E-state index contributed by atoms with van der Waals surface area (Å²) in [5.41, 5.74) is 2.88. The molecule has 1 aliphatic heterocycles. The SMILES string of the molecule is Cc1ccc(/C=C/C(=O)c2ccc(NC(=O)N3CCN(c4cc5c(cc4F)c(=O)c(C(=O)O)cn5C4CC4)CC3)cc2)cc1. The van der Waals surface area contributed by atoms with Gasteiger partial charge in [0.1, 0.15) is 11.4 Å². The Hall–Kier alpha value is -5.25. The third-order valence-corrected chi connectivity index (χ3v) is 8.10. The van der Waals surface area contributed by atoms with Crippen LogP contribution in [0.25, 0.3) is 17.0 Å². The summed E-state index contributed by atoms with van der Waals surface area (Å²) in [5, 5.41) is 12.4. The lowest BCUT2D eigenvalue weighted by molar-refractivity contribution is 0.0694. The van der Waals surface area contributed by atoms with E-state index in [4.69, 9.17) is 0 Å². The van der Waals surface area contributed by atoms with Gasteiger partial charge in [-0.15, -0.1) is 0 Å². The summed E-state index contributed by atoms with van der Waals surface area (Å²) >= 11 is 0. The number of carboxylic acid groups (broad SMARTS) is 1. The molecule has 224 valence electrons. The highest BCUT2D eigenvalue weighted by molar-refractivity contribution is 6.07. The number of pyridine rings is 1. The summed E-state index contributed by atoms with van der Waals surface area (Å²) in [4.78, 5) is 53.4. The number of nitrogens with zero attached hydrogens (tertiary/aromatic N) is 3. The lowest BCUT2D eigenvalue weighted by Gasteiger charge is -2.36. The zero-order valence-electron chi connectivity index (χ0n) is 24.1. The van der Waals surface area contributed by atoms with E-state index in [1.807, 2.05) is 36.1 Å². The number of rotatable bonds is 7. The van der Waals surface area contributed by atoms with Gasteiger partial charge < -0.3 is 24.8 Å². The van der Waals surface area contributed by atoms with Gasteiger partial charge in [0, 0.05) is 55.1 Å². The molecule has 1 saturated heterocycles. The Kier molecular flexibility index (Phi) is 7.73. The Morgan fingerprint density at radius 1 is 0.955 bits per heavy atom. The van der Waals surface area contributed by atoms with Gasteiger partial charge in [0.15, 0.2) is 5.78 Å². The Morgan fingerprint density at radius 2 is 1.64 bits per heavy atom. The molecule has 0 unspecified atom stereocenters. The summed E-state index contributed by atoms with van der Waals surface area (Å²) in [7, 11) is 0. The minimum Gasteiger partial charge on any atom is -0.477 e. The minimum atomic E-state index is -1.33. The van der Waals surface area contributed by atoms with Crippen molar-refractivity contribution in [2.24, 2.45) is 0 Å². The lowest BCUT2D eigenvalue weighted by atomic mass is 10.1. The molecule has 1 aliphatic carbocycles. The number of aromatic nitrogens is 1. The van der Waals surface area contributed by atoms with Gasteiger partial charge >= 0.3 is 12.0 Å². The molecule has 2 amide bonds. The van der Waals surface area contributed by atoms with Crippen LogP contribution in [-0.2, 0) is 0 Å². The fourth-order valence-corrected chi connectivity index (χ4v) is 5.42. The highest BCUT2D eigenvalue weighted by Crippen LogP contribution is 2.38. The van der Waals surface area contributed by atoms with Gasteiger partial charge in [0.05, 0.1) is 11.2 Å². The van der Waals surface area contributed by atoms with Crippen molar-refractivity contribution in [2.45, 2.75) is 25.8 Å². The summed E-state index contributed by atoms with van der Waals surface area (Å²) in [6.45, 7) is 3.44. The zero-order valence-corrected chi connectivity index (χ0v) is 24.1. The number of anilines is 2. The predicted octanol–water partition coefficient (Wildman–Crippen LogP) is 5.73. The second kappa shape index (κ2) is 11.8. The number of allylic oxidation sites excluding steroid dienone is 1. The number of hydrogen-bond acceptors (Lipinski definition) is 5. The van der Waals surface area contributed by atoms with Crippen LogP contribution in [-0.4, -0.2) is 58.5 Å². The summed E-state index contributed by atoms with van der Waals surface area (Å²) in [5.74, 6) is -2.08. The molecule has 44 heavy (non-hydrogen) atoms. The van der Waals surface area contributed by atoms with Gasteiger partial charge in [0.2, 0.25) is 5.43 Å². The molecule has 2 fully saturated rings. The van der Waals surface area contributed by atoms with Crippen LogP contribution in [0.2, 0.25) is 0 Å². The molecule has 0 atom stereocenters.